The molecule has 10 nitrogen and oxygen atoms in total. The van der Waals surface area contributed by atoms with Gasteiger partial charge in [0.25, 0.3) is 17.5 Å². The van der Waals surface area contributed by atoms with Crippen LogP contribution < -0.4 is 20.2 Å². The Morgan fingerprint density at radius 3 is 2.52 bits per heavy atom. The SMILES string of the molecule is COc1ccc(/C=N\NC(=O)CNC(=O)c2ccc(C)c([N+](=O)[O-])c2)cc1OC. The third kappa shape index (κ3) is 5.76. The third-order valence-electron chi connectivity index (χ3n) is 3.89. The molecule has 0 bridgehead atoms. The lowest BCUT2D eigenvalue weighted by atomic mass is 10.1. The Hall–Kier alpha value is -3.95. The first-order valence-corrected chi connectivity index (χ1v) is 8.43. The molecule has 2 aromatic rings. The van der Waals surface area contributed by atoms with Crippen molar-refractivity contribution in [2.24, 2.45) is 5.10 Å². The minimum atomic E-state index is -0.605. The van der Waals surface area contributed by atoms with Gasteiger partial charge in [-0.1, -0.05) is 6.07 Å². The maximum Gasteiger partial charge on any atom is 0.273 e. The highest BCUT2D eigenvalue weighted by atomic mass is 16.6. The van der Waals surface area contributed by atoms with Gasteiger partial charge in [-0.3, -0.25) is 19.7 Å². The molecule has 29 heavy (non-hydrogen) atoms. The number of carbonyl (C=O) groups is 2. The second kappa shape index (κ2) is 9.83. The van der Waals surface area contributed by atoms with Crippen LogP contribution in [0.15, 0.2) is 41.5 Å². The molecule has 0 atom stereocenters. The van der Waals surface area contributed by atoms with E-state index in [2.05, 4.69) is 15.8 Å². The first-order chi connectivity index (χ1) is 13.8. The number of nitrogens with zero attached hydrogens (tertiary/aromatic N) is 2. The number of nitro benzene ring substituents is 1. The van der Waals surface area contributed by atoms with Gasteiger partial charge in [0.15, 0.2) is 11.5 Å². The number of ether oxygens (including phenoxy) is 2. The summed E-state index contributed by atoms with van der Waals surface area (Å²) in [5, 5.41) is 17.1. The molecule has 0 fully saturated rings. The maximum atomic E-state index is 12.1. The van der Waals surface area contributed by atoms with E-state index in [4.69, 9.17) is 9.47 Å². The minimum absolute atomic E-state index is 0.0870. The van der Waals surface area contributed by atoms with E-state index in [1.807, 2.05) is 0 Å². The van der Waals surface area contributed by atoms with E-state index in [9.17, 15) is 19.7 Å². The molecule has 152 valence electrons. The lowest BCUT2D eigenvalue weighted by molar-refractivity contribution is -0.385. The largest absolute Gasteiger partial charge is 0.493 e. The van der Waals surface area contributed by atoms with Gasteiger partial charge in [0, 0.05) is 17.2 Å². The van der Waals surface area contributed by atoms with E-state index in [1.54, 1.807) is 25.1 Å². The molecule has 0 saturated carbocycles. The van der Waals surface area contributed by atoms with Gasteiger partial charge in [0.2, 0.25) is 0 Å². The Kier molecular flexibility index (Phi) is 7.24. The molecule has 10 heteroatoms. The number of nitrogens with one attached hydrogen (secondary N) is 2. The Morgan fingerprint density at radius 1 is 1.14 bits per heavy atom. The Balaban J connectivity index is 1.90. The average molecular weight is 400 g/mol. The van der Waals surface area contributed by atoms with E-state index < -0.39 is 16.7 Å². The van der Waals surface area contributed by atoms with Crippen molar-refractivity contribution in [1.82, 2.24) is 10.7 Å². The van der Waals surface area contributed by atoms with Gasteiger partial charge in [0.1, 0.15) is 0 Å². The van der Waals surface area contributed by atoms with Crippen LogP contribution in [0, 0.1) is 17.0 Å². The van der Waals surface area contributed by atoms with Crippen LogP contribution in [0.5, 0.6) is 11.5 Å². The fraction of sp³-hybridized carbons (Fsp3) is 0.211. The molecule has 2 N–H and O–H groups in total. The number of hydrazone groups is 1. The Bertz CT molecular complexity index is 958. The lowest BCUT2D eigenvalue weighted by Gasteiger charge is -2.07. The summed E-state index contributed by atoms with van der Waals surface area (Å²) < 4.78 is 10.3. The quantitative estimate of drug-likeness (QED) is 0.394. The van der Waals surface area contributed by atoms with Crippen LogP contribution in [0.25, 0.3) is 0 Å². The predicted octanol–water partition coefficient (Wildman–Crippen LogP) is 1.80. The van der Waals surface area contributed by atoms with Gasteiger partial charge < -0.3 is 14.8 Å². The third-order valence-corrected chi connectivity index (χ3v) is 3.89. The van der Waals surface area contributed by atoms with Gasteiger partial charge in [-0.05, 0) is 36.8 Å². The summed E-state index contributed by atoms with van der Waals surface area (Å²) in [6.45, 7) is 1.23. The number of aryl methyl sites for hydroxylation is 1. The molecule has 0 aliphatic heterocycles. The van der Waals surface area contributed by atoms with Crippen LogP contribution in [-0.4, -0.2) is 43.7 Å². The van der Waals surface area contributed by atoms with Crippen molar-refractivity contribution in [2.75, 3.05) is 20.8 Å². The normalized spacial score (nSPS) is 10.4. The van der Waals surface area contributed by atoms with Crippen LogP contribution >= 0.6 is 0 Å². The second-order valence-corrected chi connectivity index (χ2v) is 5.85. The highest BCUT2D eigenvalue weighted by molar-refractivity contribution is 5.97. The van der Waals surface area contributed by atoms with Crippen molar-refractivity contribution >= 4 is 23.7 Å². The number of hydrogen-bond acceptors (Lipinski definition) is 7. The number of benzene rings is 2. The molecule has 0 unspecified atom stereocenters. The molecule has 0 saturated heterocycles. The number of nitro groups is 1. The van der Waals surface area contributed by atoms with Crippen molar-refractivity contribution in [2.45, 2.75) is 6.92 Å². The Labute approximate surface area is 166 Å². The summed E-state index contributed by atoms with van der Waals surface area (Å²) in [6, 6.07) is 9.19. The first kappa shape index (κ1) is 21.4. The maximum absolute atomic E-state index is 12.1. The molecular weight excluding hydrogens is 380 g/mol. The van der Waals surface area contributed by atoms with Crippen molar-refractivity contribution in [1.29, 1.82) is 0 Å². The monoisotopic (exact) mass is 400 g/mol. The molecule has 0 heterocycles. The number of carbonyl (C=O) groups excluding carboxylic acids is 2. The standard InChI is InChI=1S/C19H20N4O6/c1-12-4-6-14(9-15(12)23(26)27)19(25)20-11-18(24)22-21-10-13-5-7-16(28-2)17(8-13)29-3/h4-10H,11H2,1-3H3,(H,20,25)(H,22,24)/b21-10-. The number of amides is 2. The van der Waals surface area contributed by atoms with Crippen molar-refractivity contribution < 1.29 is 24.0 Å². The second-order valence-electron chi connectivity index (χ2n) is 5.85. The van der Waals surface area contributed by atoms with Crippen LogP contribution in [0.3, 0.4) is 0 Å². The summed E-state index contributed by atoms with van der Waals surface area (Å²) >= 11 is 0. The zero-order chi connectivity index (χ0) is 21.4. The molecular formula is C19H20N4O6. The molecule has 0 aliphatic carbocycles. The highest BCUT2D eigenvalue weighted by Gasteiger charge is 2.15. The minimum Gasteiger partial charge on any atom is -0.493 e. The highest BCUT2D eigenvalue weighted by Crippen LogP contribution is 2.26. The predicted molar refractivity (Wildman–Crippen MR) is 105 cm³/mol. The van der Waals surface area contributed by atoms with Gasteiger partial charge in [0.05, 0.1) is 31.9 Å². The average Bonchev–Trinajstić information content (AvgIpc) is 2.71. The van der Waals surface area contributed by atoms with Crippen molar-refractivity contribution in [3.63, 3.8) is 0 Å². The zero-order valence-electron chi connectivity index (χ0n) is 16.1. The number of methoxy groups -OCH3 is 2. The van der Waals surface area contributed by atoms with E-state index in [0.717, 1.165) is 6.07 Å². The van der Waals surface area contributed by atoms with E-state index in [0.29, 0.717) is 22.6 Å². The summed E-state index contributed by atoms with van der Waals surface area (Å²) in [4.78, 5) is 34.3. The zero-order valence-corrected chi connectivity index (χ0v) is 16.1. The number of rotatable bonds is 8. The molecule has 0 aliphatic rings. The number of hydrogen-bond donors (Lipinski definition) is 2. The summed E-state index contributed by atoms with van der Waals surface area (Å²) in [7, 11) is 3.03. The smallest absolute Gasteiger partial charge is 0.273 e. The lowest BCUT2D eigenvalue weighted by Crippen LogP contribution is -2.34. The molecule has 0 aromatic heterocycles. The molecule has 2 amide bonds. The van der Waals surface area contributed by atoms with Gasteiger partial charge in [-0.25, -0.2) is 5.43 Å². The van der Waals surface area contributed by atoms with Crippen molar-refractivity contribution in [3.05, 3.63) is 63.2 Å². The summed E-state index contributed by atoms with van der Waals surface area (Å²) in [5.74, 6) is -0.0845. The van der Waals surface area contributed by atoms with Gasteiger partial charge >= 0.3 is 0 Å². The molecule has 2 rings (SSSR count). The molecule has 0 spiro atoms. The summed E-state index contributed by atoms with van der Waals surface area (Å²) in [6.07, 6.45) is 1.41. The van der Waals surface area contributed by atoms with Gasteiger partial charge in [-0.15, -0.1) is 0 Å². The van der Waals surface area contributed by atoms with Crippen LogP contribution in [0.1, 0.15) is 21.5 Å². The van der Waals surface area contributed by atoms with Crippen LogP contribution in [0.4, 0.5) is 5.69 Å². The van der Waals surface area contributed by atoms with E-state index >= 15 is 0 Å². The van der Waals surface area contributed by atoms with E-state index in [-0.39, 0.29) is 17.8 Å². The van der Waals surface area contributed by atoms with E-state index in [1.165, 1.54) is 32.6 Å². The summed E-state index contributed by atoms with van der Waals surface area (Å²) in [5.41, 5.74) is 3.30. The van der Waals surface area contributed by atoms with Crippen molar-refractivity contribution in [3.8, 4) is 11.5 Å². The van der Waals surface area contributed by atoms with Gasteiger partial charge in [-0.2, -0.15) is 5.10 Å². The van der Waals surface area contributed by atoms with Crippen LogP contribution in [0.2, 0.25) is 0 Å². The molecule has 0 radical (unpaired) electrons. The molecule has 2 aromatic carbocycles. The fourth-order valence-corrected chi connectivity index (χ4v) is 2.36. The topological polar surface area (TPSA) is 132 Å². The Morgan fingerprint density at radius 2 is 1.86 bits per heavy atom. The van der Waals surface area contributed by atoms with Crippen LogP contribution in [-0.2, 0) is 4.79 Å². The first-order valence-electron chi connectivity index (χ1n) is 8.43. The fourth-order valence-electron chi connectivity index (χ4n) is 2.36.